The predicted molar refractivity (Wildman–Crippen MR) is 71.1 cm³/mol. The molecule has 0 aliphatic heterocycles. The normalized spacial score (nSPS) is 12.4. The van der Waals surface area contributed by atoms with E-state index in [9.17, 15) is 8.78 Å². The fourth-order valence-corrected chi connectivity index (χ4v) is 2.06. The van der Waals surface area contributed by atoms with Crippen LogP contribution in [0.2, 0.25) is 0 Å². The predicted octanol–water partition coefficient (Wildman–Crippen LogP) is 3.97. The van der Waals surface area contributed by atoms with Gasteiger partial charge in [0, 0.05) is 16.1 Å². The third-order valence-corrected chi connectivity index (χ3v) is 3.28. The molecule has 0 aromatic heterocycles. The van der Waals surface area contributed by atoms with Crippen LogP contribution in [0.5, 0.6) is 0 Å². The summed E-state index contributed by atoms with van der Waals surface area (Å²) < 4.78 is 27.6. The van der Waals surface area contributed by atoms with Gasteiger partial charge in [0.1, 0.15) is 0 Å². The van der Waals surface area contributed by atoms with E-state index in [0.717, 1.165) is 16.1 Å². The third kappa shape index (κ3) is 2.94. The zero-order valence-electron chi connectivity index (χ0n) is 9.54. The van der Waals surface area contributed by atoms with Crippen LogP contribution in [0.15, 0.2) is 46.9 Å². The van der Waals surface area contributed by atoms with Crippen LogP contribution in [0.4, 0.5) is 8.78 Å². The lowest BCUT2D eigenvalue weighted by atomic mass is 9.99. The van der Waals surface area contributed by atoms with Crippen molar-refractivity contribution in [2.75, 3.05) is 0 Å². The molecule has 0 spiro atoms. The summed E-state index contributed by atoms with van der Waals surface area (Å²) in [5.41, 5.74) is 7.10. The molecule has 0 amide bonds. The molecule has 0 aliphatic carbocycles. The van der Waals surface area contributed by atoms with Crippen molar-refractivity contribution in [1.29, 1.82) is 0 Å². The standard InChI is InChI=1S/C14H12BrF2N/c15-10-6-4-9(5-7-10)8-13(18)11-2-1-3-12(16)14(11)17/h1-7,13H,8,18H2. The third-order valence-electron chi connectivity index (χ3n) is 2.75. The van der Waals surface area contributed by atoms with Crippen LogP contribution in [0.25, 0.3) is 0 Å². The van der Waals surface area contributed by atoms with Gasteiger partial charge in [0.05, 0.1) is 0 Å². The highest BCUT2D eigenvalue weighted by atomic mass is 79.9. The van der Waals surface area contributed by atoms with Crippen LogP contribution in [-0.2, 0) is 6.42 Å². The summed E-state index contributed by atoms with van der Waals surface area (Å²) in [4.78, 5) is 0. The Bertz CT molecular complexity index is 540. The quantitative estimate of drug-likeness (QED) is 0.912. The van der Waals surface area contributed by atoms with Crippen molar-refractivity contribution in [3.63, 3.8) is 0 Å². The molecular weight excluding hydrogens is 300 g/mol. The molecule has 1 unspecified atom stereocenters. The van der Waals surface area contributed by atoms with E-state index >= 15 is 0 Å². The lowest BCUT2D eigenvalue weighted by Crippen LogP contribution is -2.15. The Morgan fingerprint density at radius 1 is 1.06 bits per heavy atom. The van der Waals surface area contributed by atoms with Crippen LogP contribution in [0.3, 0.4) is 0 Å². The maximum Gasteiger partial charge on any atom is 0.163 e. The molecule has 2 aromatic rings. The Hall–Kier alpha value is -1.26. The Balaban J connectivity index is 2.19. The second-order valence-corrected chi connectivity index (χ2v) is 5.00. The first kappa shape index (κ1) is 13.2. The molecule has 0 radical (unpaired) electrons. The van der Waals surface area contributed by atoms with Gasteiger partial charge in [0.2, 0.25) is 0 Å². The van der Waals surface area contributed by atoms with Gasteiger partial charge < -0.3 is 5.73 Å². The molecule has 2 aromatic carbocycles. The first-order valence-electron chi connectivity index (χ1n) is 5.52. The van der Waals surface area contributed by atoms with Crippen LogP contribution >= 0.6 is 15.9 Å². The summed E-state index contributed by atoms with van der Waals surface area (Å²) in [6, 6.07) is 11.1. The lowest BCUT2D eigenvalue weighted by molar-refractivity contribution is 0.488. The van der Waals surface area contributed by atoms with Crippen molar-refractivity contribution in [3.8, 4) is 0 Å². The lowest BCUT2D eigenvalue weighted by Gasteiger charge is -2.13. The smallest absolute Gasteiger partial charge is 0.163 e. The molecule has 18 heavy (non-hydrogen) atoms. The maximum atomic E-state index is 13.6. The molecular formula is C14H12BrF2N. The van der Waals surface area contributed by atoms with E-state index in [1.165, 1.54) is 12.1 Å². The Morgan fingerprint density at radius 2 is 1.72 bits per heavy atom. The molecule has 0 aliphatic rings. The van der Waals surface area contributed by atoms with Crippen LogP contribution in [-0.4, -0.2) is 0 Å². The van der Waals surface area contributed by atoms with Crippen molar-refractivity contribution in [3.05, 3.63) is 69.7 Å². The van der Waals surface area contributed by atoms with E-state index in [2.05, 4.69) is 15.9 Å². The largest absolute Gasteiger partial charge is 0.324 e. The first-order chi connectivity index (χ1) is 8.58. The SMILES string of the molecule is NC(Cc1ccc(Br)cc1)c1cccc(F)c1F. The topological polar surface area (TPSA) is 26.0 Å². The monoisotopic (exact) mass is 311 g/mol. The highest BCUT2D eigenvalue weighted by Gasteiger charge is 2.14. The number of hydrogen-bond donors (Lipinski definition) is 1. The highest BCUT2D eigenvalue weighted by Crippen LogP contribution is 2.21. The van der Waals surface area contributed by atoms with Gasteiger partial charge in [-0.1, -0.05) is 40.2 Å². The van der Waals surface area contributed by atoms with Gasteiger partial charge in [-0.3, -0.25) is 0 Å². The average Bonchev–Trinajstić information content (AvgIpc) is 2.35. The summed E-state index contributed by atoms with van der Waals surface area (Å²) in [6.45, 7) is 0. The van der Waals surface area contributed by atoms with Crippen molar-refractivity contribution in [2.45, 2.75) is 12.5 Å². The van der Waals surface area contributed by atoms with Crippen LogP contribution < -0.4 is 5.73 Å². The fraction of sp³-hybridized carbons (Fsp3) is 0.143. The number of rotatable bonds is 3. The summed E-state index contributed by atoms with van der Waals surface area (Å²) in [5, 5.41) is 0. The minimum atomic E-state index is -0.862. The molecule has 0 bridgehead atoms. The van der Waals surface area contributed by atoms with Crippen molar-refractivity contribution >= 4 is 15.9 Å². The van der Waals surface area contributed by atoms with E-state index < -0.39 is 17.7 Å². The number of hydrogen-bond acceptors (Lipinski definition) is 1. The van der Waals surface area contributed by atoms with Gasteiger partial charge in [-0.05, 0) is 30.2 Å². The van der Waals surface area contributed by atoms with E-state index in [4.69, 9.17) is 5.73 Å². The summed E-state index contributed by atoms with van der Waals surface area (Å²) in [6.07, 6.45) is 0.466. The van der Waals surface area contributed by atoms with Crippen LogP contribution in [0, 0.1) is 11.6 Å². The van der Waals surface area contributed by atoms with Gasteiger partial charge >= 0.3 is 0 Å². The van der Waals surface area contributed by atoms with E-state index in [1.54, 1.807) is 0 Å². The summed E-state index contributed by atoms with van der Waals surface area (Å²) in [7, 11) is 0. The van der Waals surface area contributed by atoms with E-state index in [1.807, 2.05) is 24.3 Å². The fourth-order valence-electron chi connectivity index (χ4n) is 1.79. The molecule has 4 heteroatoms. The van der Waals surface area contributed by atoms with Crippen LogP contribution in [0.1, 0.15) is 17.2 Å². The summed E-state index contributed by atoms with van der Waals surface area (Å²) >= 11 is 3.34. The van der Waals surface area contributed by atoms with Gasteiger partial charge in [-0.2, -0.15) is 0 Å². The molecule has 94 valence electrons. The van der Waals surface area contributed by atoms with E-state index in [-0.39, 0.29) is 5.56 Å². The molecule has 0 heterocycles. The van der Waals surface area contributed by atoms with Crippen molar-refractivity contribution in [1.82, 2.24) is 0 Å². The second kappa shape index (κ2) is 5.59. The Kier molecular flexibility index (Phi) is 4.09. The maximum absolute atomic E-state index is 13.6. The second-order valence-electron chi connectivity index (χ2n) is 4.08. The zero-order valence-corrected chi connectivity index (χ0v) is 11.1. The van der Waals surface area contributed by atoms with Gasteiger partial charge in [-0.15, -0.1) is 0 Å². The summed E-state index contributed by atoms with van der Waals surface area (Å²) in [5.74, 6) is -1.72. The molecule has 1 nitrogen and oxygen atoms in total. The molecule has 0 fully saturated rings. The molecule has 2 N–H and O–H groups in total. The first-order valence-corrected chi connectivity index (χ1v) is 6.31. The number of benzene rings is 2. The zero-order chi connectivity index (χ0) is 13.1. The molecule has 0 saturated carbocycles. The average molecular weight is 312 g/mol. The molecule has 1 atom stereocenters. The molecule has 0 saturated heterocycles. The van der Waals surface area contributed by atoms with E-state index in [0.29, 0.717) is 6.42 Å². The van der Waals surface area contributed by atoms with Crippen molar-refractivity contribution < 1.29 is 8.78 Å². The van der Waals surface area contributed by atoms with Gasteiger partial charge in [0.25, 0.3) is 0 Å². The minimum Gasteiger partial charge on any atom is -0.324 e. The highest BCUT2D eigenvalue weighted by molar-refractivity contribution is 9.10. The minimum absolute atomic E-state index is 0.206. The number of halogens is 3. The Morgan fingerprint density at radius 3 is 2.39 bits per heavy atom. The van der Waals surface area contributed by atoms with Gasteiger partial charge in [-0.25, -0.2) is 8.78 Å². The molecule has 2 rings (SSSR count). The van der Waals surface area contributed by atoms with Crippen molar-refractivity contribution in [2.24, 2.45) is 5.73 Å². The van der Waals surface area contributed by atoms with Gasteiger partial charge in [0.15, 0.2) is 11.6 Å². The Labute approximate surface area is 113 Å². The number of nitrogens with two attached hydrogens (primary N) is 1.